The minimum Gasteiger partial charge on any atom is -0.495 e. The van der Waals surface area contributed by atoms with Crippen LogP contribution in [0.25, 0.3) is 0 Å². The van der Waals surface area contributed by atoms with E-state index in [9.17, 15) is 0 Å². The number of nitriles is 2. The Balaban J connectivity index is 3.29. The quantitative estimate of drug-likeness (QED) is 0.736. The van der Waals surface area contributed by atoms with Crippen LogP contribution in [0, 0.1) is 22.7 Å². The van der Waals surface area contributed by atoms with Gasteiger partial charge >= 0.3 is 0 Å². The molecule has 1 aromatic carbocycles. The topological polar surface area (TPSA) is 56.8 Å². The summed E-state index contributed by atoms with van der Waals surface area (Å²) in [5.74, 6) is 0.537. The van der Waals surface area contributed by atoms with Crippen molar-refractivity contribution in [1.82, 2.24) is 0 Å². The molecule has 15 heavy (non-hydrogen) atoms. The maximum Gasteiger partial charge on any atom is 0.136 e. The summed E-state index contributed by atoms with van der Waals surface area (Å²) >= 11 is 0. The van der Waals surface area contributed by atoms with E-state index in [1.54, 1.807) is 12.1 Å². The second kappa shape index (κ2) is 4.02. The normalized spacial score (nSPS) is 10.2. The number of rotatable bonds is 2. The molecule has 3 nitrogen and oxygen atoms in total. The van der Waals surface area contributed by atoms with Gasteiger partial charge in [-0.25, -0.2) is 0 Å². The van der Waals surface area contributed by atoms with Gasteiger partial charge in [-0.2, -0.15) is 10.5 Å². The monoisotopic (exact) mass is 200 g/mol. The summed E-state index contributed by atoms with van der Waals surface area (Å²) in [7, 11) is 1.52. The van der Waals surface area contributed by atoms with Gasteiger partial charge in [0, 0.05) is 0 Å². The summed E-state index contributed by atoms with van der Waals surface area (Å²) in [6, 6.07) is 9.46. The van der Waals surface area contributed by atoms with Gasteiger partial charge in [-0.05, 0) is 31.5 Å². The highest BCUT2D eigenvalue weighted by Gasteiger charge is 2.20. The SMILES string of the molecule is COc1ccc(C(C)(C)C#N)cc1C#N. The highest BCUT2D eigenvalue weighted by Crippen LogP contribution is 2.27. The molecule has 0 aliphatic carbocycles. The van der Waals surface area contributed by atoms with E-state index in [1.165, 1.54) is 7.11 Å². The Kier molecular flexibility index (Phi) is 2.97. The number of benzene rings is 1. The van der Waals surface area contributed by atoms with Crippen molar-refractivity contribution >= 4 is 0 Å². The Morgan fingerprint density at radius 2 is 1.93 bits per heavy atom. The number of nitrogens with zero attached hydrogens (tertiary/aromatic N) is 2. The summed E-state index contributed by atoms with van der Waals surface area (Å²) in [5.41, 5.74) is 0.693. The first-order valence-corrected chi connectivity index (χ1v) is 4.55. The number of ether oxygens (including phenoxy) is 1. The molecule has 0 fully saturated rings. The van der Waals surface area contributed by atoms with Crippen LogP contribution in [0.1, 0.15) is 25.0 Å². The van der Waals surface area contributed by atoms with Crippen LogP contribution in [0.4, 0.5) is 0 Å². The van der Waals surface area contributed by atoms with Gasteiger partial charge in [0.15, 0.2) is 0 Å². The second-order valence-corrected chi connectivity index (χ2v) is 3.76. The molecule has 0 aromatic heterocycles. The number of hydrogen-bond donors (Lipinski definition) is 0. The van der Waals surface area contributed by atoms with Gasteiger partial charge in [0.05, 0.1) is 24.2 Å². The third kappa shape index (κ3) is 2.08. The minimum absolute atomic E-state index is 0.457. The van der Waals surface area contributed by atoms with E-state index in [2.05, 4.69) is 6.07 Å². The van der Waals surface area contributed by atoms with Crippen LogP contribution < -0.4 is 4.74 Å². The van der Waals surface area contributed by atoms with E-state index in [1.807, 2.05) is 26.0 Å². The Bertz CT molecular complexity index is 450. The van der Waals surface area contributed by atoms with Crippen molar-refractivity contribution in [1.29, 1.82) is 10.5 Å². The molecule has 0 saturated carbocycles. The van der Waals surface area contributed by atoms with Gasteiger partial charge in [-0.3, -0.25) is 0 Å². The zero-order valence-corrected chi connectivity index (χ0v) is 9.03. The van der Waals surface area contributed by atoms with Crippen LogP contribution in [0.5, 0.6) is 5.75 Å². The Labute approximate surface area is 89.5 Å². The number of hydrogen-bond acceptors (Lipinski definition) is 3. The fraction of sp³-hybridized carbons (Fsp3) is 0.333. The zero-order chi connectivity index (χ0) is 11.5. The molecule has 1 aromatic rings. The Morgan fingerprint density at radius 1 is 1.27 bits per heavy atom. The zero-order valence-electron chi connectivity index (χ0n) is 9.03. The molecule has 0 atom stereocenters. The lowest BCUT2D eigenvalue weighted by Gasteiger charge is -2.16. The van der Waals surface area contributed by atoms with Gasteiger partial charge in [-0.1, -0.05) is 6.07 Å². The first-order valence-electron chi connectivity index (χ1n) is 4.55. The lowest BCUT2D eigenvalue weighted by molar-refractivity contribution is 0.413. The molecule has 0 spiro atoms. The van der Waals surface area contributed by atoms with Gasteiger partial charge < -0.3 is 4.74 Å². The van der Waals surface area contributed by atoms with Crippen LogP contribution in [0.2, 0.25) is 0 Å². The van der Waals surface area contributed by atoms with E-state index >= 15 is 0 Å². The van der Waals surface area contributed by atoms with Crippen molar-refractivity contribution in [2.75, 3.05) is 7.11 Å². The molecule has 1 rings (SSSR count). The summed E-state index contributed by atoms with van der Waals surface area (Å²) in [4.78, 5) is 0. The van der Waals surface area contributed by atoms with Gasteiger partial charge in [-0.15, -0.1) is 0 Å². The summed E-state index contributed by atoms with van der Waals surface area (Å²) < 4.78 is 5.03. The minimum atomic E-state index is -0.585. The fourth-order valence-corrected chi connectivity index (χ4v) is 1.25. The molecule has 0 amide bonds. The van der Waals surface area contributed by atoms with E-state index in [0.717, 1.165) is 5.56 Å². The van der Waals surface area contributed by atoms with Crippen molar-refractivity contribution in [2.45, 2.75) is 19.3 Å². The van der Waals surface area contributed by atoms with Crippen LogP contribution in [0.15, 0.2) is 18.2 Å². The summed E-state index contributed by atoms with van der Waals surface area (Å²) in [6.45, 7) is 3.63. The van der Waals surface area contributed by atoms with Crippen molar-refractivity contribution in [3.63, 3.8) is 0 Å². The third-order valence-electron chi connectivity index (χ3n) is 2.32. The highest BCUT2D eigenvalue weighted by molar-refractivity contribution is 5.48. The van der Waals surface area contributed by atoms with E-state index in [4.69, 9.17) is 15.3 Å². The van der Waals surface area contributed by atoms with Gasteiger partial charge in [0.25, 0.3) is 0 Å². The molecule has 0 aliphatic heterocycles. The van der Waals surface area contributed by atoms with Gasteiger partial charge in [0.2, 0.25) is 0 Å². The van der Waals surface area contributed by atoms with Crippen molar-refractivity contribution in [3.05, 3.63) is 29.3 Å². The molecule has 3 heteroatoms. The Morgan fingerprint density at radius 3 is 2.40 bits per heavy atom. The smallest absolute Gasteiger partial charge is 0.136 e. The molecular formula is C12H12N2O. The van der Waals surface area contributed by atoms with E-state index in [-0.39, 0.29) is 0 Å². The maximum atomic E-state index is 8.97. The van der Waals surface area contributed by atoms with E-state index in [0.29, 0.717) is 11.3 Å². The standard InChI is InChI=1S/C12H12N2O/c1-12(2,8-14)10-4-5-11(15-3)9(6-10)7-13/h4-6H,1-3H3. The summed E-state index contributed by atoms with van der Waals surface area (Å²) in [6.07, 6.45) is 0. The molecule has 0 aliphatic rings. The third-order valence-corrected chi connectivity index (χ3v) is 2.32. The van der Waals surface area contributed by atoms with Crippen molar-refractivity contribution in [3.8, 4) is 17.9 Å². The average molecular weight is 200 g/mol. The Hall–Kier alpha value is -2.00. The van der Waals surface area contributed by atoms with Crippen molar-refractivity contribution < 1.29 is 4.74 Å². The lowest BCUT2D eigenvalue weighted by atomic mass is 9.85. The summed E-state index contributed by atoms with van der Waals surface area (Å²) in [5, 5.41) is 17.9. The molecular weight excluding hydrogens is 188 g/mol. The van der Waals surface area contributed by atoms with Crippen molar-refractivity contribution in [2.24, 2.45) is 0 Å². The van der Waals surface area contributed by atoms with Crippen LogP contribution >= 0.6 is 0 Å². The molecule has 0 N–H and O–H groups in total. The van der Waals surface area contributed by atoms with Crippen LogP contribution in [-0.2, 0) is 5.41 Å². The van der Waals surface area contributed by atoms with Crippen LogP contribution in [-0.4, -0.2) is 7.11 Å². The maximum absolute atomic E-state index is 8.97. The number of methoxy groups -OCH3 is 1. The predicted octanol–water partition coefficient (Wildman–Crippen LogP) is 2.37. The van der Waals surface area contributed by atoms with E-state index < -0.39 is 5.41 Å². The first-order chi connectivity index (χ1) is 7.05. The molecule has 0 radical (unpaired) electrons. The predicted molar refractivity (Wildman–Crippen MR) is 56.3 cm³/mol. The fourth-order valence-electron chi connectivity index (χ4n) is 1.25. The highest BCUT2D eigenvalue weighted by atomic mass is 16.5. The average Bonchev–Trinajstić information content (AvgIpc) is 2.28. The molecule has 76 valence electrons. The van der Waals surface area contributed by atoms with Crippen LogP contribution in [0.3, 0.4) is 0 Å². The molecule has 0 unspecified atom stereocenters. The second-order valence-electron chi connectivity index (χ2n) is 3.76. The van der Waals surface area contributed by atoms with Gasteiger partial charge in [0.1, 0.15) is 11.8 Å². The largest absolute Gasteiger partial charge is 0.495 e. The molecule has 0 saturated heterocycles. The lowest BCUT2D eigenvalue weighted by Crippen LogP contribution is -2.13. The first kappa shape index (κ1) is 11.1. The molecule has 0 heterocycles. The molecule has 0 bridgehead atoms.